The molecule has 0 unspecified atom stereocenters. The minimum absolute atomic E-state index is 0.228. The number of esters is 1. The van der Waals surface area contributed by atoms with Crippen molar-refractivity contribution in [3.8, 4) is 0 Å². The van der Waals surface area contributed by atoms with E-state index in [-0.39, 0.29) is 5.97 Å². The predicted octanol–water partition coefficient (Wildman–Crippen LogP) is 1.60. The molecule has 0 aliphatic heterocycles. The maximum Gasteiger partial charge on any atom is 0.325 e. The molecule has 2 aliphatic rings. The van der Waals surface area contributed by atoms with Crippen molar-refractivity contribution < 1.29 is 9.53 Å². The molecule has 2 aliphatic carbocycles. The molecule has 0 aromatic carbocycles. The van der Waals surface area contributed by atoms with Crippen LogP contribution in [0, 0.1) is 5.41 Å². The van der Waals surface area contributed by atoms with Gasteiger partial charge >= 0.3 is 5.97 Å². The van der Waals surface area contributed by atoms with Crippen molar-refractivity contribution in [3.05, 3.63) is 0 Å². The fourth-order valence-electron chi connectivity index (χ4n) is 3.29. The molecule has 2 saturated carbocycles. The molecule has 2 fully saturated rings. The Kier molecular flexibility index (Phi) is 2.30. The monoisotopic (exact) mass is 197 g/mol. The normalized spacial score (nSPS) is 28.1. The van der Waals surface area contributed by atoms with E-state index in [2.05, 4.69) is 0 Å². The lowest BCUT2D eigenvalue weighted by Crippen LogP contribution is -2.63. The molecule has 0 heterocycles. The molecule has 0 aromatic rings. The van der Waals surface area contributed by atoms with Gasteiger partial charge in [-0.25, -0.2) is 0 Å². The maximum absolute atomic E-state index is 11.4. The van der Waals surface area contributed by atoms with Crippen molar-refractivity contribution in [3.63, 3.8) is 0 Å². The number of carbonyl (C=O) groups excluding carboxylic acids is 1. The van der Waals surface area contributed by atoms with E-state index >= 15 is 0 Å². The highest BCUT2D eigenvalue weighted by molar-refractivity contribution is 5.82. The van der Waals surface area contributed by atoms with Gasteiger partial charge < -0.3 is 10.5 Å². The molecule has 0 radical (unpaired) electrons. The van der Waals surface area contributed by atoms with Gasteiger partial charge in [0.1, 0.15) is 5.54 Å². The largest absolute Gasteiger partial charge is 0.468 e. The SMILES string of the molecule is COC(=O)C1(N)CC2(CCCCC2)C1. The Morgan fingerprint density at radius 1 is 1.21 bits per heavy atom. The van der Waals surface area contributed by atoms with Crippen LogP contribution in [0.15, 0.2) is 0 Å². The van der Waals surface area contributed by atoms with Gasteiger partial charge in [0.2, 0.25) is 0 Å². The first-order valence-electron chi connectivity index (χ1n) is 5.48. The van der Waals surface area contributed by atoms with E-state index < -0.39 is 5.54 Å². The van der Waals surface area contributed by atoms with E-state index in [1.807, 2.05) is 0 Å². The molecule has 1 spiro atoms. The van der Waals surface area contributed by atoms with Gasteiger partial charge in [-0.15, -0.1) is 0 Å². The molecule has 0 amide bonds. The summed E-state index contributed by atoms with van der Waals surface area (Å²) < 4.78 is 4.73. The van der Waals surface area contributed by atoms with Crippen molar-refractivity contribution in [2.45, 2.75) is 50.5 Å². The Hall–Kier alpha value is -0.570. The Bertz CT molecular complexity index is 236. The maximum atomic E-state index is 11.4. The molecule has 2 N–H and O–H groups in total. The molecule has 14 heavy (non-hydrogen) atoms. The summed E-state index contributed by atoms with van der Waals surface area (Å²) in [5.41, 5.74) is 5.72. The van der Waals surface area contributed by atoms with Crippen LogP contribution in [-0.2, 0) is 9.53 Å². The lowest BCUT2D eigenvalue weighted by atomic mass is 9.52. The summed E-state index contributed by atoms with van der Waals surface area (Å²) in [5, 5.41) is 0. The van der Waals surface area contributed by atoms with E-state index in [0.717, 1.165) is 12.8 Å². The standard InChI is InChI=1S/C11H19NO2/c1-14-9(13)11(12)7-10(8-11)5-3-2-4-6-10/h2-8,12H2,1H3. The van der Waals surface area contributed by atoms with Gasteiger partial charge in [0, 0.05) is 0 Å². The van der Waals surface area contributed by atoms with E-state index in [0.29, 0.717) is 5.41 Å². The molecule has 2 rings (SSSR count). The summed E-state index contributed by atoms with van der Waals surface area (Å²) >= 11 is 0. The van der Waals surface area contributed by atoms with Crippen LogP contribution in [0.4, 0.5) is 0 Å². The third-order valence-electron chi connectivity index (χ3n) is 3.89. The van der Waals surface area contributed by atoms with Crippen LogP contribution in [-0.4, -0.2) is 18.6 Å². The van der Waals surface area contributed by atoms with Gasteiger partial charge in [-0.2, -0.15) is 0 Å². The highest BCUT2D eigenvalue weighted by Crippen LogP contribution is 2.55. The quantitative estimate of drug-likeness (QED) is 0.650. The molecule has 0 saturated heterocycles. The Morgan fingerprint density at radius 3 is 2.29 bits per heavy atom. The minimum atomic E-state index is -0.661. The van der Waals surface area contributed by atoms with Crippen LogP contribution in [0.3, 0.4) is 0 Å². The summed E-state index contributed by atoms with van der Waals surface area (Å²) in [5.74, 6) is -0.228. The highest BCUT2D eigenvalue weighted by atomic mass is 16.5. The Labute approximate surface area is 85.0 Å². The lowest BCUT2D eigenvalue weighted by Gasteiger charge is -2.54. The second-order valence-electron chi connectivity index (χ2n) is 5.06. The average molecular weight is 197 g/mol. The third kappa shape index (κ3) is 1.44. The zero-order valence-electron chi connectivity index (χ0n) is 8.84. The molecule has 0 bridgehead atoms. The van der Waals surface area contributed by atoms with Crippen LogP contribution in [0.25, 0.3) is 0 Å². The summed E-state index contributed by atoms with van der Waals surface area (Å²) in [6, 6.07) is 0. The zero-order valence-corrected chi connectivity index (χ0v) is 8.84. The number of methoxy groups -OCH3 is 1. The fraction of sp³-hybridized carbons (Fsp3) is 0.909. The predicted molar refractivity (Wildman–Crippen MR) is 53.7 cm³/mol. The van der Waals surface area contributed by atoms with Gasteiger partial charge in [-0.3, -0.25) is 4.79 Å². The van der Waals surface area contributed by atoms with E-state index in [1.165, 1.54) is 39.2 Å². The van der Waals surface area contributed by atoms with E-state index in [9.17, 15) is 4.79 Å². The van der Waals surface area contributed by atoms with Gasteiger partial charge in [0.05, 0.1) is 7.11 Å². The van der Waals surface area contributed by atoms with E-state index in [1.54, 1.807) is 0 Å². The minimum Gasteiger partial charge on any atom is -0.468 e. The number of hydrogen-bond acceptors (Lipinski definition) is 3. The highest BCUT2D eigenvalue weighted by Gasteiger charge is 2.56. The summed E-state index contributed by atoms with van der Waals surface area (Å²) in [6.07, 6.45) is 8.14. The van der Waals surface area contributed by atoms with Crippen molar-refractivity contribution in [2.24, 2.45) is 11.1 Å². The van der Waals surface area contributed by atoms with Gasteiger partial charge in [0.15, 0.2) is 0 Å². The van der Waals surface area contributed by atoms with Crippen LogP contribution >= 0.6 is 0 Å². The van der Waals surface area contributed by atoms with Gasteiger partial charge in [-0.1, -0.05) is 19.3 Å². The van der Waals surface area contributed by atoms with Crippen molar-refractivity contribution >= 4 is 5.97 Å². The van der Waals surface area contributed by atoms with Crippen molar-refractivity contribution in [1.29, 1.82) is 0 Å². The number of carbonyl (C=O) groups is 1. The summed E-state index contributed by atoms with van der Waals surface area (Å²) in [7, 11) is 1.42. The van der Waals surface area contributed by atoms with Crippen LogP contribution < -0.4 is 5.73 Å². The van der Waals surface area contributed by atoms with Gasteiger partial charge in [0.25, 0.3) is 0 Å². The lowest BCUT2D eigenvalue weighted by molar-refractivity contribution is -0.158. The number of hydrogen-bond donors (Lipinski definition) is 1. The molecule has 3 nitrogen and oxygen atoms in total. The first kappa shape index (κ1) is 9.97. The molecule has 80 valence electrons. The molecular formula is C11H19NO2. The summed E-state index contributed by atoms with van der Waals surface area (Å²) in [4.78, 5) is 11.4. The number of ether oxygens (including phenoxy) is 1. The number of rotatable bonds is 1. The molecular weight excluding hydrogens is 178 g/mol. The Morgan fingerprint density at radius 2 is 1.79 bits per heavy atom. The third-order valence-corrected chi connectivity index (χ3v) is 3.89. The van der Waals surface area contributed by atoms with Gasteiger partial charge in [-0.05, 0) is 31.1 Å². The zero-order chi connectivity index (χ0) is 10.2. The first-order chi connectivity index (χ1) is 6.60. The Balaban J connectivity index is 1.96. The topological polar surface area (TPSA) is 52.3 Å². The van der Waals surface area contributed by atoms with Crippen LogP contribution in [0.2, 0.25) is 0 Å². The first-order valence-corrected chi connectivity index (χ1v) is 5.48. The molecule has 3 heteroatoms. The second kappa shape index (κ2) is 3.23. The molecule has 0 atom stereocenters. The average Bonchev–Trinajstić information content (AvgIpc) is 2.16. The fourth-order valence-corrected chi connectivity index (χ4v) is 3.29. The van der Waals surface area contributed by atoms with Crippen LogP contribution in [0.5, 0.6) is 0 Å². The molecule has 0 aromatic heterocycles. The van der Waals surface area contributed by atoms with Crippen molar-refractivity contribution in [2.75, 3.05) is 7.11 Å². The smallest absolute Gasteiger partial charge is 0.325 e. The summed E-state index contributed by atoms with van der Waals surface area (Å²) in [6.45, 7) is 0. The number of nitrogens with two attached hydrogens (primary N) is 1. The second-order valence-corrected chi connectivity index (χ2v) is 5.06. The van der Waals surface area contributed by atoms with Crippen molar-refractivity contribution in [1.82, 2.24) is 0 Å². The van der Waals surface area contributed by atoms with E-state index in [4.69, 9.17) is 10.5 Å². The van der Waals surface area contributed by atoms with Crippen LogP contribution in [0.1, 0.15) is 44.9 Å².